The second-order valence-corrected chi connectivity index (χ2v) is 9.69. The summed E-state index contributed by atoms with van der Waals surface area (Å²) in [5.74, 6) is 1.77. The fourth-order valence-electron chi connectivity index (χ4n) is 5.79. The van der Waals surface area contributed by atoms with Crippen LogP contribution in [0, 0.1) is 12.3 Å². The zero-order valence-electron chi connectivity index (χ0n) is 18.8. The van der Waals surface area contributed by atoms with Crippen LogP contribution >= 0.6 is 0 Å². The summed E-state index contributed by atoms with van der Waals surface area (Å²) in [5, 5.41) is 7.77. The lowest BCUT2D eigenvalue weighted by Crippen LogP contribution is -2.50. The third-order valence-electron chi connectivity index (χ3n) is 7.91. The van der Waals surface area contributed by atoms with Crippen molar-refractivity contribution in [2.75, 3.05) is 36.0 Å². The van der Waals surface area contributed by atoms with Gasteiger partial charge in [-0.15, -0.1) is 0 Å². The van der Waals surface area contributed by atoms with Gasteiger partial charge in [0.15, 0.2) is 17.0 Å². The number of ether oxygens (including phenoxy) is 1. The number of hydrogen-bond donors (Lipinski definition) is 2. The molecule has 2 atom stereocenters. The van der Waals surface area contributed by atoms with Crippen molar-refractivity contribution in [2.45, 2.75) is 51.7 Å². The van der Waals surface area contributed by atoms with Gasteiger partial charge in [-0.05, 0) is 56.7 Å². The first-order chi connectivity index (χ1) is 15.6. The highest BCUT2D eigenvalue weighted by molar-refractivity contribution is 5.88. The molecule has 0 saturated carbocycles. The number of fused-ring (bicyclic) bond motifs is 2. The number of anilines is 3. The summed E-state index contributed by atoms with van der Waals surface area (Å²) in [5.41, 5.74) is 12.1. The zero-order chi connectivity index (χ0) is 21.9. The molecule has 3 aliphatic heterocycles. The normalized spacial score (nSPS) is 25.0. The number of H-pyrrole nitrogens is 1. The Kier molecular flexibility index (Phi) is 4.62. The molecule has 2 fully saturated rings. The average molecular weight is 434 g/mol. The molecule has 0 radical (unpaired) electrons. The number of rotatable bonds is 2. The molecule has 1 aromatic carbocycles. The fraction of sp³-hybridized carbons (Fsp3) is 0.542. The number of nitrogens with two attached hydrogens (primary N) is 1. The highest BCUT2D eigenvalue weighted by atomic mass is 16.5. The van der Waals surface area contributed by atoms with E-state index in [1.54, 1.807) is 0 Å². The first-order valence-electron chi connectivity index (χ1n) is 11.7. The lowest BCUT2D eigenvalue weighted by Gasteiger charge is -2.41. The molecule has 32 heavy (non-hydrogen) atoms. The Balaban J connectivity index is 1.26. The zero-order valence-corrected chi connectivity index (χ0v) is 18.8. The van der Waals surface area contributed by atoms with Crippen molar-refractivity contribution < 1.29 is 4.74 Å². The Morgan fingerprint density at radius 1 is 1.22 bits per heavy atom. The molecule has 2 aromatic heterocycles. The number of aryl methyl sites for hydroxylation is 1. The molecule has 168 valence electrons. The van der Waals surface area contributed by atoms with Gasteiger partial charge in [0.05, 0.1) is 18.9 Å². The van der Waals surface area contributed by atoms with Gasteiger partial charge in [0.25, 0.3) is 0 Å². The van der Waals surface area contributed by atoms with Crippen molar-refractivity contribution in [3.63, 3.8) is 0 Å². The van der Waals surface area contributed by atoms with E-state index in [0.717, 1.165) is 74.7 Å². The van der Waals surface area contributed by atoms with Crippen molar-refractivity contribution in [3.8, 4) is 0 Å². The van der Waals surface area contributed by atoms with Gasteiger partial charge in [-0.25, -0.2) is 9.97 Å². The topological polar surface area (TPSA) is 96.2 Å². The third kappa shape index (κ3) is 3.00. The predicted molar refractivity (Wildman–Crippen MR) is 125 cm³/mol. The van der Waals surface area contributed by atoms with Crippen LogP contribution in [0.15, 0.2) is 24.4 Å². The summed E-state index contributed by atoms with van der Waals surface area (Å²) < 4.78 is 5.86. The van der Waals surface area contributed by atoms with Gasteiger partial charge in [0.1, 0.15) is 5.82 Å². The van der Waals surface area contributed by atoms with Crippen LogP contribution < -0.4 is 15.5 Å². The Morgan fingerprint density at radius 3 is 2.84 bits per heavy atom. The van der Waals surface area contributed by atoms with Crippen molar-refractivity contribution in [2.24, 2.45) is 11.1 Å². The summed E-state index contributed by atoms with van der Waals surface area (Å²) in [6.45, 7) is 7.82. The maximum Gasteiger partial charge on any atom is 0.183 e. The molecule has 0 unspecified atom stereocenters. The monoisotopic (exact) mass is 433 g/mol. The second-order valence-electron chi connectivity index (χ2n) is 9.69. The molecule has 5 heterocycles. The van der Waals surface area contributed by atoms with Crippen molar-refractivity contribution >= 4 is 28.5 Å². The number of aromatic amines is 1. The van der Waals surface area contributed by atoms with E-state index in [2.05, 4.69) is 52.0 Å². The second kappa shape index (κ2) is 7.42. The highest BCUT2D eigenvalue weighted by Gasteiger charge is 2.47. The number of hydrogen-bond acceptors (Lipinski definition) is 7. The number of nitrogens with one attached hydrogen (secondary N) is 1. The van der Waals surface area contributed by atoms with E-state index in [-0.39, 0.29) is 17.6 Å². The molecule has 3 N–H and O–H groups in total. The van der Waals surface area contributed by atoms with E-state index in [9.17, 15) is 0 Å². The number of aromatic nitrogens is 4. The van der Waals surface area contributed by atoms with Crippen LogP contribution in [-0.2, 0) is 11.2 Å². The van der Waals surface area contributed by atoms with Crippen LogP contribution in [0.5, 0.6) is 0 Å². The highest BCUT2D eigenvalue weighted by Crippen LogP contribution is 2.42. The molecule has 8 heteroatoms. The van der Waals surface area contributed by atoms with Gasteiger partial charge in [-0.2, -0.15) is 5.10 Å². The molecule has 6 rings (SSSR count). The standard InChI is InChI=1S/C24H31N7O/c1-15-5-3-7-18-17(15)6-4-10-31(18)23-20-22(28-29-23)27-19(13-26-20)30-11-8-24(9-12-30)14-32-16(2)21(24)25/h3,5,7,13,16,21H,4,6,8-12,14,25H2,1-2H3,(H,27,28,29)/t16-,21+/m0/s1. The molecule has 3 aliphatic rings. The Morgan fingerprint density at radius 2 is 2.06 bits per heavy atom. The predicted octanol–water partition coefficient (Wildman–Crippen LogP) is 3.08. The minimum atomic E-state index is 0.106. The van der Waals surface area contributed by atoms with Crippen LogP contribution in [0.4, 0.5) is 17.3 Å². The van der Waals surface area contributed by atoms with E-state index in [1.807, 2.05) is 6.20 Å². The van der Waals surface area contributed by atoms with Gasteiger partial charge in [-0.1, -0.05) is 12.1 Å². The molecule has 3 aromatic rings. The van der Waals surface area contributed by atoms with Gasteiger partial charge < -0.3 is 20.3 Å². The summed E-state index contributed by atoms with van der Waals surface area (Å²) in [4.78, 5) is 14.3. The minimum absolute atomic E-state index is 0.106. The Hall–Kier alpha value is -2.71. The summed E-state index contributed by atoms with van der Waals surface area (Å²) in [7, 11) is 0. The Labute approximate surface area is 188 Å². The van der Waals surface area contributed by atoms with E-state index in [0.29, 0.717) is 0 Å². The van der Waals surface area contributed by atoms with Crippen molar-refractivity contribution in [1.29, 1.82) is 0 Å². The van der Waals surface area contributed by atoms with Crippen molar-refractivity contribution in [3.05, 3.63) is 35.5 Å². The maximum absolute atomic E-state index is 6.47. The van der Waals surface area contributed by atoms with Crippen LogP contribution in [0.3, 0.4) is 0 Å². The number of nitrogens with zero attached hydrogens (tertiary/aromatic N) is 5. The first-order valence-corrected chi connectivity index (χ1v) is 11.7. The van der Waals surface area contributed by atoms with Gasteiger partial charge in [0, 0.05) is 36.8 Å². The average Bonchev–Trinajstić information content (AvgIpc) is 3.36. The summed E-state index contributed by atoms with van der Waals surface area (Å²) in [6.07, 6.45) is 6.31. The van der Waals surface area contributed by atoms with E-state index in [1.165, 1.54) is 16.8 Å². The molecule has 0 bridgehead atoms. The minimum Gasteiger partial charge on any atom is -0.376 e. The molecular formula is C24H31N7O. The largest absolute Gasteiger partial charge is 0.376 e. The lowest BCUT2D eigenvalue weighted by molar-refractivity contribution is 0.0974. The summed E-state index contributed by atoms with van der Waals surface area (Å²) in [6, 6.07) is 6.61. The maximum atomic E-state index is 6.47. The third-order valence-corrected chi connectivity index (χ3v) is 7.91. The quantitative estimate of drug-likeness (QED) is 0.641. The van der Waals surface area contributed by atoms with E-state index in [4.69, 9.17) is 20.4 Å². The van der Waals surface area contributed by atoms with Gasteiger partial charge in [-0.3, -0.25) is 5.10 Å². The Bertz CT molecular complexity index is 1150. The molecule has 0 aliphatic carbocycles. The van der Waals surface area contributed by atoms with Crippen LogP contribution in [0.2, 0.25) is 0 Å². The number of benzene rings is 1. The van der Waals surface area contributed by atoms with Crippen molar-refractivity contribution in [1.82, 2.24) is 20.2 Å². The van der Waals surface area contributed by atoms with Crippen LogP contribution in [0.25, 0.3) is 11.2 Å². The molecule has 8 nitrogen and oxygen atoms in total. The first kappa shape index (κ1) is 19.9. The molecule has 1 spiro atoms. The van der Waals surface area contributed by atoms with Crippen LogP contribution in [-0.4, -0.2) is 58.6 Å². The fourth-order valence-corrected chi connectivity index (χ4v) is 5.79. The molecular weight excluding hydrogens is 402 g/mol. The SMILES string of the molecule is Cc1cccc2c1CCCN2c1n[nH]c2nc(N3CCC4(CC3)CO[C@@H](C)[C@H]4N)cnc12. The van der Waals surface area contributed by atoms with Crippen LogP contribution in [0.1, 0.15) is 37.3 Å². The smallest absolute Gasteiger partial charge is 0.183 e. The molecule has 0 amide bonds. The van der Waals surface area contributed by atoms with Gasteiger partial charge >= 0.3 is 0 Å². The lowest BCUT2D eigenvalue weighted by atomic mass is 9.73. The molecule has 2 saturated heterocycles. The summed E-state index contributed by atoms with van der Waals surface area (Å²) >= 11 is 0. The number of piperidine rings is 1. The van der Waals surface area contributed by atoms with E-state index < -0.39 is 0 Å². The van der Waals surface area contributed by atoms with E-state index >= 15 is 0 Å². The van der Waals surface area contributed by atoms with Gasteiger partial charge in [0.2, 0.25) is 0 Å².